The van der Waals surface area contributed by atoms with Crippen molar-refractivity contribution in [3.8, 4) is 6.01 Å². The number of hydrogen-bond donors (Lipinski definition) is 16. The Morgan fingerprint density at radius 3 is 1.35 bits per heavy atom. The molecule has 2 heterocycles. The fourth-order valence-electron chi connectivity index (χ4n) is 15.8. The van der Waals surface area contributed by atoms with Crippen molar-refractivity contribution in [2.75, 3.05) is 68.5 Å². The number of unbranched alkanes of at least 4 members (excludes halogenated alkanes) is 41. The molecule has 0 aliphatic heterocycles. The Morgan fingerprint density at radius 1 is 0.446 bits per heavy atom. The normalized spacial score (nSPS) is 13.3. The molecular weight excluding hydrogens is 1670 g/mol. The van der Waals surface area contributed by atoms with Crippen molar-refractivity contribution in [2.24, 2.45) is 17.2 Å². The minimum absolute atomic E-state index is 0.0379. The summed E-state index contributed by atoms with van der Waals surface area (Å²) in [6, 6.07) is -1.67. The number of hydrogen-bond acceptors (Lipinski definition) is 24. The van der Waals surface area contributed by atoms with E-state index in [4.69, 9.17) is 32.4 Å². The van der Waals surface area contributed by atoms with Crippen molar-refractivity contribution in [3.63, 3.8) is 0 Å². The number of imidazole rings is 1. The molecule has 744 valence electrons. The highest BCUT2D eigenvalue weighted by molar-refractivity contribution is 7.99. The quantitative estimate of drug-likeness (QED) is 0.0142. The number of aromatic nitrogens is 4. The number of amides is 6. The minimum atomic E-state index is -1.72. The number of nitrogens with one attached hydrogen (secondary N) is 8. The zero-order chi connectivity index (χ0) is 94.8. The number of aliphatic hydroxyl groups is 2. The molecule has 0 fully saturated rings. The Balaban J connectivity index is 1.95. The lowest BCUT2D eigenvalue weighted by Gasteiger charge is -2.30. The number of aromatic hydroxyl groups is 1. The molecule has 0 aliphatic rings. The molecule has 32 heteroatoms. The summed E-state index contributed by atoms with van der Waals surface area (Å²) in [5.41, 5.74) is 25.3. The molecule has 6 amide bonds. The van der Waals surface area contributed by atoms with Crippen LogP contribution < -0.4 is 65.5 Å². The Bertz CT molecular complexity index is 3490. The fraction of sp³-hybridized carbons (Fsp3) is 0.796. The van der Waals surface area contributed by atoms with Crippen LogP contribution >= 0.6 is 11.8 Å². The van der Waals surface area contributed by atoms with E-state index in [9.17, 15) is 58.8 Å². The number of carboxylic acid groups (broad SMARTS) is 1. The van der Waals surface area contributed by atoms with E-state index < -0.39 is 109 Å². The SMILES string of the molecule is CCCCCCCCCCCCCCCC(=O)N[C@@H](CSCC(COC(=O)CCCCCCCCCCCCCCC)OC(=O)CCCCCCCCCCCCCCC)C(=O)N[C@@H](CO)C(=O)N[C@@H](CCCCNC(=O)c1ccc(Cn2c(O)nc3c(N)nc(NCCCC)nc32)cc1)C(=O)N[C@@H](CCCCN)C(=O)N[C@@H](CCCCN)C(O)N[C@@H](CCCCN)C(=O)O. The summed E-state index contributed by atoms with van der Waals surface area (Å²) >= 11 is 1.18. The predicted octanol–water partition coefficient (Wildman–Crippen LogP) is 15.1. The van der Waals surface area contributed by atoms with Crippen LogP contribution in [0.5, 0.6) is 6.01 Å². The molecule has 31 nitrogen and oxygen atoms in total. The van der Waals surface area contributed by atoms with Crippen molar-refractivity contribution >= 4 is 88.0 Å². The summed E-state index contributed by atoms with van der Waals surface area (Å²) in [7, 11) is 0. The molecule has 20 N–H and O–H groups in total. The summed E-state index contributed by atoms with van der Waals surface area (Å²) < 4.78 is 13.4. The van der Waals surface area contributed by atoms with Crippen molar-refractivity contribution in [1.82, 2.24) is 56.7 Å². The maximum absolute atomic E-state index is 15.0. The molecule has 1 aromatic carbocycles. The third-order valence-electron chi connectivity index (χ3n) is 23.9. The van der Waals surface area contributed by atoms with Crippen LogP contribution in [0.25, 0.3) is 11.2 Å². The zero-order valence-corrected chi connectivity index (χ0v) is 81.2. The van der Waals surface area contributed by atoms with Gasteiger partial charge in [-0.1, -0.05) is 290 Å². The van der Waals surface area contributed by atoms with Gasteiger partial charge in [0.2, 0.25) is 35.5 Å². The van der Waals surface area contributed by atoms with Gasteiger partial charge in [-0.25, -0.2) is 0 Å². The van der Waals surface area contributed by atoms with E-state index in [1.54, 1.807) is 24.3 Å². The van der Waals surface area contributed by atoms with Crippen LogP contribution in [0.1, 0.15) is 403 Å². The Labute approximate surface area is 783 Å². The van der Waals surface area contributed by atoms with Crippen molar-refractivity contribution < 1.29 is 73.1 Å². The molecule has 2 aromatic heterocycles. The monoisotopic (exact) mass is 1850 g/mol. The number of carbonyl (C=O) groups is 9. The molecule has 0 saturated heterocycles. The van der Waals surface area contributed by atoms with Crippen LogP contribution in [0, 0.1) is 0 Å². The number of benzene rings is 1. The molecule has 0 bridgehead atoms. The molecule has 0 aliphatic carbocycles. The average molecular weight is 1850 g/mol. The van der Waals surface area contributed by atoms with Gasteiger partial charge in [0, 0.05) is 49.4 Å². The molecule has 2 unspecified atom stereocenters. The smallest absolute Gasteiger partial charge is 0.320 e. The first-order valence-corrected chi connectivity index (χ1v) is 52.0. The summed E-state index contributed by atoms with van der Waals surface area (Å²) in [5.74, 6) is -5.96. The molecule has 0 spiro atoms. The first kappa shape index (κ1) is 117. The van der Waals surface area contributed by atoms with Gasteiger partial charge in [-0.15, -0.1) is 0 Å². The van der Waals surface area contributed by atoms with Crippen LogP contribution in [-0.4, -0.2) is 199 Å². The Hall–Kier alpha value is -7.49. The number of nitrogen functional groups attached to an aromatic ring is 1. The molecule has 0 radical (unpaired) electrons. The number of aliphatic carboxylic acids is 1. The van der Waals surface area contributed by atoms with Crippen molar-refractivity contribution in [2.45, 2.75) is 442 Å². The molecule has 0 saturated carbocycles. The van der Waals surface area contributed by atoms with Crippen LogP contribution in [0.15, 0.2) is 24.3 Å². The average Bonchev–Trinajstić information content (AvgIpc) is 1.63. The lowest BCUT2D eigenvalue weighted by molar-refractivity contribution is -0.157. The van der Waals surface area contributed by atoms with Crippen LogP contribution in [0.2, 0.25) is 0 Å². The highest BCUT2D eigenvalue weighted by Gasteiger charge is 2.35. The summed E-state index contributed by atoms with van der Waals surface area (Å²) in [4.78, 5) is 140. The number of ether oxygens (including phenoxy) is 2. The second kappa shape index (κ2) is 76.9. The third-order valence-corrected chi connectivity index (χ3v) is 25.1. The topological polar surface area (TPSA) is 497 Å². The molecule has 3 rings (SSSR count). The van der Waals surface area contributed by atoms with E-state index in [0.717, 1.165) is 89.9 Å². The molecule has 3 aromatic rings. The van der Waals surface area contributed by atoms with Gasteiger partial charge in [0.15, 0.2) is 17.0 Å². The van der Waals surface area contributed by atoms with E-state index in [1.165, 1.54) is 170 Å². The number of nitrogens with two attached hydrogens (primary N) is 4. The standard InChI is InChI=1S/C98H176N16O15S/c1-5-9-13-16-19-22-25-28-31-34-37-40-43-58-84(116)105-83(74-130-73-77(129-86(118)60-45-42-39-36-33-30-27-24-21-18-15-11-7-3)72-128-85(117)59-44-41-38-35-32-29-26-23-20-17-14-10-6-2)95(124)110-82(71-115)94(123)108-80(92(121)106-78(54-46-50-65-99)91(120)107-79(55-47-51-66-100)93(122)109-81(96(125)126)57-48-52-67-101)56-49-53-69-103-90(119)76-63-61-75(62-64-76)70-114-89-87(111-98(114)127)88(102)112-97(113-89)104-68-12-8-4/h61-64,77-83,93,109,115,122H,5-60,65-74,99-101H2,1-4H3,(H,103,119)(H,105,116)(H,106,121)(H,107,120)(H,108,123)(H,110,124)(H,111,127)(H,125,126)(H3,102,104,112,113)/t77?,78-,79-,80-,81-,82-,83-,93?/m0/s1. The lowest BCUT2D eigenvalue weighted by Crippen LogP contribution is -2.60. The van der Waals surface area contributed by atoms with Gasteiger partial charge in [-0.05, 0) is 127 Å². The van der Waals surface area contributed by atoms with E-state index in [1.807, 2.05) is 0 Å². The van der Waals surface area contributed by atoms with Gasteiger partial charge in [0.25, 0.3) is 11.9 Å². The van der Waals surface area contributed by atoms with Gasteiger partial charge in [0.1, 0.15) is 49.1 Å². The molecule has 130 heavy (non-hydrogen) atoms. The van der Waals surface area contributed by atoms with Crippen molar-refractivity contribution in [3.05, 3.63) is 35.4 Å². The van der Waals surface area contributed by atoms with Gasteiger partial charge < -0.3 is 90.1 Å². The first-order valence-electron chi connectivity index (χ1n) is 50.8. The van der Waals surface area contributed by atoms with Gasteiger partial charge >= 0.3 is 17.9 Å². The van der Waals surface area contributed by atoms with E-state index in [2.05, 4.69) is 85.2 Å². The number of thioether (sulfide) groups is 1. The van der Waals surface area contributed by atoms with E-state index >= 15 is 4.79 Å². The number of carbonyl (C=O) groups excluding carboxylic acids is 8. The van der Waals surface area contributed by atoms with Crippen molar-refractivity contribution in [1.29, 1.82) is 0 Å². The largest absolute Gasteiger partial charge is 0.480 e. The number of carboxylic acids is 1. The number of nitrogens with zero attached hydrogens (tertiary/aromatic N) is 4. The van der Waals surface area contributed by atoms with Crippen LogP contribution in [0.3, 0.4) is 0 Å². The Kier molecular flexibility index (Phi) is 69.0. The van der Waals surface area contributed by atoms with Gasteiger partial charge in [0.05, 0.1) is 19.2 Å². The minimum Gasteiger partial charge on any atom is -0.480 e. The van der Waals surface area contributed by atoms with Gasteiger partial charge in [-0.2, -0.15) is 26.7 Å². The Morgan fingerprint density at radius 2 is 0.869 bits per heavy atom. The maximum Gasteiger partial charge on any atom is 0.320 e. The molecular formula is C98H176N16O15S. The highest BCUT2D eigenvalue weighted by atomic mass is 32.2. The van der Waals surface area contributed by atoms with E-state index in [-0.39, 0.29) is 113 Å². The third kappa shape index (κ3) is 55.2. The fourth-order valence-corrected chi connectivity index (χ4v) is 16.9. The number of fused-ring (bicyclic) bond motifs is 1. The maximum atomic E-state index is 15.0. The van der Waals surface area contributed by atoms with Crippen LogP contribution in [-0.2, 0) is 54.4 Å². The lowest BCUT2D eigenvalue weighted by atomic mass is 10.0. The van der Waals surface area contributed by atoms with Gasteiger partial charge in [-0.3, -0.25) is 53.0 Å². The second-order valence-corrected chi connectivity index (χ2v) is 36.7. The number of esters is 2. The summed E-state index contributed by atoms with van der Waals surface area (Å²) in [6.45, 7) is 9.29. The number of rotatable bonds is 87. The summed E-state index contributed by atoms with van der Waals surface area (Å²) in [6.07, 6.45) is 47.5. The number of anilines is 2. The predicted molar refractivity (Wildman–Crippen MR) is 522 cm³/mol. The number of aliphatic hydroxyl groups excluding tert-OH is 2. The zero-order valence-electron chi connectivity index (χ0n) is 80.4. The highest BCUT2D eigenvalue weighted by Crippen LogP contribution is 2.27. The van der Waals surface area contributed by atoms with E-state index in [0.29, 0.717) is 100 Å². The first-order chi connectivity index (χ1) is 63.2. The molecule has 8 atom stereocenters. The second-order valence-electron chi connectivity index (χ2n) is 35.6. The van der Waals surface area contributed by atoms with Crippen LogP contribution in [0.4, 0.5) is 11.8 Å². The summed E-state index contributed by atoms with van der Waals surface area (Å²) in [5, 5.41) is 66.5.